The van der Waals surface area contributed by atoms with Crippen molar-refractivity contribution in [2.45, 2.75) is 40.5 Å². The highest BCUT2D eigenvalue weighted by atomic mass is 15.2. The van der Waals surface area contributed by atoms with Gasteiger partial charge in [0.15, 0.2) is 0 Å². The van der Waals surface area contributed by atoms with Gasteiger partial charge in [0, 0.05) is 32.7 Å². The minimum Gasteiger partial charge on any atom is -0.316 e. The predicted octanol–water partition coefficient (Wildman–Crippen LogP) is 1.94. The zero-order valence-electron chi connectivity index (χ0n) is 12.4. The van der Waals surface area contributed by atoms with Gasteiger partial charge in [-0.3, -0.25) is 0 Å². The third-order valence-corrected chi connectivity index (χ3v) is 3.12. The number of hydrogen-bond acceptors (Lipinski definition) is 3. The molecule has 17 heavy (non-hydrogen) atoms. The second-order valence-electron chi connectivity index (χ2n) is 4.26. The van der Waals surface area contributed by atoms with E-state index in [1.807, 2.05) is 27.7 Å². The lowest BCUT2D eigenvalue weighted by molar-refractivity contribution is 0.188. The summed E-state index contributed by atoms with van der Waals surface area (Å²) in [6.07, 6.45) is 2.80. The van der Waals surface area contributed by atoms with E-state index in [1.165, 1.54) is 58.7 Å². The fraction of sp³-hybridized carbons (Fsp3) is 1.00. The lowest BCUT2D eigenvalue weighted by atomic mass is 9.99. The summed E-state index contributed by atoms with van der Waals surface area (Å²) < 4.78 is 0. The van der Waals surface area contributed by atoms with E-state index in [-0.39, 0.29) is 0 Å². The number of nitrogens with zero attached hydrogens (tertiary/aromatic N) is 1. The maximum atomic E-state index is 3.48. The Labute approximate surface area is 108 Å². The highest BCUT2D eigenvalue weighted by molar-refractivity contribution is 4.75. The zero-order chi connectivity index (χ0) is 12.9. The van der Waals surface area contributed by atoms with Crippen LogP contribution >= 0.6 is 0 Å². The van der Waals surface area contributed by atoms with Gasteiger partial charge in [-0.1, -0.05) is 27.7 Å². The summed E-state index contributed by atoms with van der Waals surface area (Å²) in [5.41, 5.74) is 0. The SMILES string of the molecule is C1CNC[C@H](CN2CCNCC2)C1.CC.CC. The van der Waals surface area contributed by atoms with Crippen molar-refractivity contribution >= 4 is 0 Å². The minimum absolute atomic E-state index is 0.909. The lowest BCUT2D eigenvalue weighted by Gasteiger charge is -2.32. The Morgan fingerprint density at radius 1 is 0.941 bits per heavy atom. The molecule has 2 aliphatic heterocycles. The van der Waals surface area contributed by atoms with Crippen molar-refractivity contribution < 1.29 is 0 Å². The Bertz CT molecular complexity index is 122. The molecule has 1 atom stereocenters. The van der Waals surface area contributed by atoms with E-state index in [0.717, 1.165) is 5.92 Å². The molecule has 2 saturated heterocycles. The molecule has 0 radical (unpaired) electrons. The number of nitrogens with one attached hydrogen (secondary N) is 2. The van der Waals surface area contributed by atoms with Crippen molar-refractivity contribution in [1.82, 2.24) is 15.5 Å². The van der Waals surface area contributed by atoms with Gasteiger partial charge in [0.1, 0.15) is 0 Å². The molecule has 0 aromatic heterocycles. The Hall–Kier alpha value is -0.120. The molecule has 2 fully saturated rings. The van der Waals surface area contributed by atoms with Crippen LogP contribution in [0.25, 0.3) is 0 Å². The van der Waals surface area contributed by atoms with Crippen molar-refractivity contribution in [2.24, 2.45) is 5.92 Å². The summed E-state index contributed by atoms with van der Waals surface area (Å²) in [5, 5.41) is 6.88. The molecule has 0 saturated carbocycles. The Balaban J connectivity index is 0.000000581. The minimum atomic E-state index is 0.909. The smallest absolute Gasteiger partial charge is 0.0107 e. The number of hydrogen-bond donors (Lipinski definition) is 2. The molecule has 0 amide bonds. The van der Waals surface area contributed by atoms with Gasteiger partial charge in [-0.2, -0.15) is 0 Å². The highest BCUT2D eigenvalue weighted by Gasteiger charge is 2.17. The first-order valence-corrected chi connectivity index (χ1v) is 7.59. The molecule has 2 aliphatic rings. The molecule has 0 aromatic carbocycles. The van der Waals surface area contributed by atoms with Gasteiger partial charge in [0.25, 0.3) is 0 Å². The van der Waals surface area contributed by atoms with E-state index < -0.39 is 0 Å². The van der Waals surface area contributed by atoms with Crippen LogP contribution in [0.15, 0.2) is 0 Å². The van der Waals surface area contributed by atoms with E-state index in [1.54, 1.807) is 0 Å². The third kappa shape index (κ3) is 7.74. The van der Waals surface area contributed by atoms with Gasteiger partial charge in [0.2, 0.25) is 0 Å². The largest absolute Gasteiger partial charge is 0.316 e. The Kier molecular flexibility index (Phi) is 12.3. The van der Waals surface area contributed by atoms with E-state index in [4.69, 9.17) is 0 Å². The van der Waals surface area contributed by atoms with Crippen LogP contribution in [-0.4, -0.2) is 50.7 Å². The van der Waals surface area contributed by atoms with E-state index >= 15 is 0 Å². The molecule has 2 rings (SSSR count). The van der Waals surface area contributed by atoms with Gasteiger partial charge < -0.3 is 15.5 Å². The van der Waals surface area contributed by atoms with Crippen LogP contribution in [0.5, 0.6) is 0 Å². The Morgan fingerprint density at radius 3 is 2.12 bits per heavy atom. The van der Waals surface area contributed by atoms with Crippen LogP contribution in [0.3, 0.4) is 0 Å². The molecular formula is C14H33N3. The summed E-state index contributed by atoms with van der Waals surface area (Å²) in [5.74, 6) is 0.909. The van der Waals surface area contributed by atoms with Gasteiger partial charge in [-0.05, 0) is 31.8 Å². The monoisotopic (exact) mass is 243 g/mol. The molecule has 0 aliphatic carbocycles. The van der Waals surface area contributed by atoms with Crippen LogP contribution in [0.1, 0.15) is 40.5 Å². The number of rotatable bonds is 2. The second-order valence-corrected chi connectivity index (χ2v) is 4.26. The van der Waals surface area contributed by atoms with Crippen molar-refractivity contribution in [3.05, 3.63) is 0 Å². The van der Waals surface area contributed by atoms with Gasteiger partial charge in [-0.25, -0.2) is 0 Å². The molecule has 2 heterocycles. The van der Waals surface area contributed by atoms with Crippen molar-refractivity contribution in [1.29, 1.82) is 0 Å². The van der Waals surface area contributed by atoms with Crippen LogP contribution < -0.4 is 10.6 Å². The number of piperazine rings is 1. The maximum Gasteiger partial charge on any atom is 0.0107 e. The Morgan fingerprint density at radius 2 is 1.59 bits per heavy atom. The molecule has 3 heteroatoms. The van der Waals surface area contributed by atoms with Crippen LogP contribution in [0, 0.1) is 5.92 Å². The average molecular weight is 243 g/mol. The van der Waals surface area contributed by atoms with Crippen LogP contribution in [-0.2, 0) is 0 Å². The average Bonchev–Trinajstić information content (AvgIpc) is 2.45. The van der Waals surface area contributed by atoms with Gasteiger partial charge >= 0.3 is 0 Å². The van der Waals surface area contributed by atoms with Crippen molar-refractivity contribution in [3.8, 4) is 0 Å². The highest BCUT2D eigenvalue weighted by Crippen LogP contribution is 2.11. The van der Waals surface area contributed by atoms with E-state index in [0.29, 0.717) is 0 Å². The summed E-state index contributed by atoms with van der Waals surface area (Å²) in [4.78, 5) is 2.61. The number of piperidine rings is 1. The first-order valence-electron chi connectivity index (χ1n) is 7.59. The molecule has 104 valence electrons. The topological polar surface area (TPSA) is 27.3 Å². The normalized spacial score (nSPS) is 25.1. The maximum absolute atomic E-state index is 3.48. The van der Waals surface area contributed by atoms with E-state index in [9.17, 15) is 0 Å². The molecule has 3 nitrogen and oxygen atoms in total. The fourth-order valence-electron chi connectivity index (χ4n) is 2.34. The summed E-state index contributed by atoms with van der Waals surface area (Å²) >= 11 is 0. The standard InChI is InChI=1S/C10H21N3.2C2H6/c1-2-10(8-12-3-1)9-13-6-4-11-5-7-13;2*1-2/h10-12H,1-9H2;2*1-2H3/t10-;;/m1../s1. The molecule has 0 aromatic rings. The lowest BCUT2D eigenvalue weighted by Crippen LogP contribution is -2.47. The van der Waals surface area contributed by atoms with Crippen molar-refractivity contribution in [2.75, 3.05) is 45.8 Å². The molecule has 0 spiro atoms. The van der Waals surface area contributed by atoms with Crippen LogP contribution in [0.4, 0.5) is 0 Å². The second kappa shape index (κ2) is 12.3. The fourth-order valence-corrected chi connectivity index (χ4v) is 2.34. The van der Waals surface area contributed by atoms with Gasteiger partial charge in [0.05, 0.1) is 0 Å². The molecule has 0 unspecified atom stereocenters. The molecule has 0 bridgehead atoms. The summed E-state index contributed by atoms with van der Waals surface area (Å²) in [7, 11) is 0. The first-order chi connectivity index (χ1) is 8.45. The van der Waals surface area contributed by atoms with Crippen molar-refractivity contribution in [3.63, 3.8) is 0 Å². The predicted molar refractivity (Wildman–Crippen MR) is 77.6 cm³/mol. The van der Waals surface area contributed by atoms with E-state index in [2.05, 4.69) is 15.5 Å². The summed E-state index contributed by atoms with van der Waals surface area (Å²) in [6.45, 7) is 16.6. The zero-order valence-corrected chi connectivity index (χ0v) is 12.4. The molecule has 2 N–H and O–H groups in total. The summed E-state index contributed by atoms with van der Waals surface area (Å²) in [6, 6.07) is 0. The first kappa shape index (κ1) is 16.9. The van der Waals surface area contributed by atoms with Crippen LogP contribution in [0.2, 0.25) is 0 Å². The van der Waals surface area contributed by atoms with Gasteiger partial charge in [-0.15, -0.1) is 0 Å². The quantitative estimate of drug-likeness (QED) is 0.776. The molecular weight excluding hydrogens is 210 g/mol. The third-order valence-electron chi connectivity index (χ3n) is 3.12.